The average molecular weight is 220 g/mol. The topological polar surface area (TPSA) is 26.3 Å². The molecule has 1 aromatic carbocycles. The Bertz CT molecular complexity index is 316. The molecular weight excluding hydrogens is 200 g/mol. The van der Waals surface area contributed by atoms with Gasteiger partial charge in [-0.25, -0.2) is 0 Å². The fraction of sp³-hybridized carbons (Fsp3) is 0.500. The predicted octanol–water partition coefficient (Wildman–Crippen LogP) is 2.64. The molecule has 2 nitrogen and oxygen atoms in total. The number of aldehydes is 1. The van der Waals surface area contributed by atoms with Gasteiger partial charge in [-0.1, -0.05) is 31.2 Å². The summed E-state index contributed by atoms with van der Waals surface area (Å²) in [5.74, 6) is 0.101. The van der Waals surface area contributed by atoms with Crippen molar-refractivity contribution in [2.24, 2.45) is 5.92 Å². The summed E-state index contributed by atoms with van der Waals surface area (Å²) >= 11 is 0. The van der Waals surface area contributed by atoms with Crippen LogP contribution in [0.2, 0.25) is 0 Å². The molecule has 0 N–H and O–H groups in total. The lowest BCUT2D eigenvalue weighted by atomic mass is 10.00. The first-order valence-electron chi connectivity index (χ1n) is 5.71. The molecule has 2 atom stereocenters. The summed E-state index contributed by atoms with van der Waals surface area (Å²) in [6, 6.07) is 8.42. The number of ether oxygens (including phenoxy) is 1. The van der Waals surface area contributed by atoms with Crippen LogP contribution in [-0.2, 0) is 22.4 Å². The van der Waals surface area contributed by atoms with E-state index in [4.69, 9.17) is 4.74 Å². The third-order valence-corrected chi connectivity index (χ3v) is 2.74. The summed E-state index contributed by atoms with van der Waals surface area (Å²) in [7, 11) is 1.73. The van der Waals surface area contributed by atoms with Gasteiger partial charge in [-0.2, -0.15) is 0 Å². The first-order chi connectivity index (χ1) is 7.65. The number of carbonyl (C=O) groups excluding carboxylic acids is 1. The lowest BCUT2D eigenvalue weighted by molar-refractivity contribution is -0.110. The number of hydrogen-bond acceptors (Lipinski definition) is 2. The Kier molecular flexibility index (Phi) is 5.20. The third kappa shape index (κ3) is 4.15. The number of methoxy groups -OCH3 is 1. The highest BCUT2D eigenvalue weighted by atomic mass is 16.5. The second-order valence-corrected chi connectivity index (χ2v) is 4.38. The Morgan fingerprint density at radius 2 is 1.62 bits per heavy atom. The summed E-state index contributed by atoms with van der Waals surface area (Å²) in [5.41, 5.74) is 2.49. The quantitative estimate of drug-likeness (QED) is 0.689. The Hall–Kier alpha value is -1.15. The van der Waals surface area contributed by atoms with Crippen LogP contribution < -0.4 is 0 Å². The van der Waals surface area contributed by atoms with Crippen molar-refractivity contribution in [1.29, 1.82) is 0 Å². The van der Waals surface area contributed by atoms with Crippen LogP contribution in [0.15, 0.2) is 24.3 Å². The van der Waals surface area contributed by atoms with E-state index in [-0.39, 0.29) is 12.0 Å². The standard InChI is InChI=1S/C14H20O2/c1-11(10-15)8-13-4-6-14(7-5-13)9-12(2)16-3/h4-7,10-12H,8-9H2,1-3H3. The minimum Gasteiger partial charge on any atom is -0.381 e. The second-order valence-electron chi connectivity index (χ2n) is 4.38. The Morgan fingerprint density at radius 3 is 2.06 bits per heavy atom. The molecular formula is C14H20O2. The van der Waals surface area contributed by atoms with Gasteiger partial charge in [0.2, 0.25) is 0 Å². The SMILES string of the molecule is COC(C)Cc1ccc(CC(C)C=O)cc1. The average Bonchev–Trinajstić information content (AvgIpc) is 2.31. The number of benzene rings is 1. The van der Waals surface area contributed by atoms with E-state index < -0.39 is 0 Å². The monoisotopic (exact) mass is 220 g/mol. The zero-order chi connectivity index (χ0) is 12.0. The van der Waals surface area contributed by atoms with Crippen molar-refractivity contribution in [2.45, 2.75) is 32.8 Å². The van der Waals surface area contributed by atoms with Gasteiger partial charge in [-0.3, -0.25) is 0 Å². The molecule has 0 aliphatic carbocycles. The molecule has 16 heavy (non-hydrogen) atoms. The van der Waals surface area contributed by atoms with Crippen LogP contribution in [0.4, 0.5) is 0 Å². The van der Waals surface area contributed by atoms with Crippen molar-refractivity contribution >= 4 is 6.29 Å². The molecule has 2 heteroatoms. The predicted molar refractivity (Wildman–Crippen MR) is 65.5 cm³/mol. The molecule has 0 aliphatic rings. The van der Waals surface area contributed by atoms with Crippen LogP contribution in [-0.4, -0.2) is 19.5 Å². The van der Waals surface area contributed by atoms with E-state index in [0.29, 0.717) is 0 Å². The molecule has 0 spiro atoms. The zero-order valence-electron chi connectivity index (χ0n) is 10.3. The van der Waals surface area contributed by atoms with E-state index in [1.165, 1.54) is 11.1 Å². The number of hydrogen-bond donors (Lipinski definition) is 0. The van der Waals surface area contributed by atoms with Crippen molar-refractivity contribution in [1.82, 2.24) is 0 Å². The van der Waals surface area contributed by atoms with Gasteiger partial charge in [-0.05, 0) is 30.9 Å². The highest BCUT2D eigenvalue weighted by Gasteiger charge is 2.04. The fourth-order valence-electron chi connectivity index (χ4n) is 1.65. The largest absolute Gasteiger partial charge is 0.381 e. The van der Waals surface area contributed by atoms with Crippen LogP contribution in [0, 0.1) is 5.92 Å². The van der Waals surface area contributed by atoms with Crippen LogP contribution in [0.3, 0.4) is 0 Å². The molecule has 0 saturated heterocycles. The van der Waals surface area contributed by atoms with Crippen molar-refractivity contribution in [3.8, 4) is 0 Å². The van der Waals surface area contributed by atoms with Crippen molar-refractivity contribution < 1.29 is 9.53 Å². The molecule has 1 rings (SSSR count). The van der Waals surface area contributed by atoms with E-state index in [2.05, 4.69) is 31.2 Å². The Balaban J connectivity index is 2.57. The van der Waals surface area contributed by atoms with Gasteiger partial charge in [0.1, 0.15) is 6.29 Å². The van der Waals surface area contributed by atoms with E-state index in [1.54, 1.807) is 7.11 Å². The van der Waals surface area contributed by atoms with E-state index in [0.717, 1.165) is 19.1 Å². The number of carbonyl (C=O) groups is 1. The van der Waals surface area contributed by atoms with Crippen molar-refractivity contribution in [2.75, 3.05) is 7.11 Å². The van der Waals surface area contributed by atoms with Gasteiger partial charge in [0, 0.05) is 13.0 Å². The van der Waals surface area contributed by atoms with Gasteiger partial charge < -0.3 is 9.53 Å². The maximum atomic E-state index is 10.5. The molecule has 0 amide bonds. The lowest BCUT2D eigenvalue weighted by Gasteiger charge is -2.10. The highest BCUT2D eigenvalue weighted by Crippen LogP contribution is 2.11. The first-order valence-corrected chi connectivity index (χ1v) is 5.71. The van der Waals surface area contributed by atoms with Crippen LogP contribution in [0.5, 0.6) is 0 Å². The van der Waals surface area contributed by atoms with Gasteiger partial charge in [-0.15, -0.1) is 0 Å². The third-order valence-electron chi connectivity index (χ3n) is 2.74. The molecule has 88 valence electrons. The van der Waals surface area contributed by atoms with Crippen LogP contribution in [0.25, 0.3) is 0 Å². The van der Waals surface area contributed by atoms with Crippen LogP contribution in [0.1, 0.15) is 25.0 Å². The molecule has 0 radical (unpaired) electrons. The van der Waals surface area contributed by atoms with E-state index in [9.17, 15) is 4.79 Å². The molecule has 0 aromatic heterocycles. The smallest absolute Gasteiger partial charge is 0.123 e. The maximum absolute atomic E-state index is 10.5. The van der Waals surface area contributed by atoms with E-state index in [1.807, 2.05) is 6.92 Å². The first kappa shape index (κ1) is 12.9. The van der Waals surface area contributed by atoms with Crippen LogP contribution >= 0.6 is 0 Å². The maximum Gasteiger partial charge on any atom is 0.123 e. The summed E-state index contributed by atoms with van der Waals surface area (Å²) in [6.07, 6.45) is 3.00. The van der Waals surface area contributed by atoms with E-state index >= 15 is 0 Å². The van der Waals surface area contributed by atoms with Gasteiger partial charge >= 0.3 is 0 Å². The molecule has 1 aromatic rings. The molecule has 0 bridgehead atoms. The molecule has 0 fully saturated rings. The zero-order valence-corrected chi connectivity index (χ0v) is 10.3. The minimum absolute atomic E-state index is 0.101. The van der Waals surface area contributed by atoms with Gasteiger partial charge in [0.05, 0.1) is 6.10 Å². The highest BCUT2D eigenvalue weighted by molar-refractivity contribution is 5.53. The minimum atomic E-state index is 0.101. The molecule has 2 unspecified atom stereocenters. The lowest BCUT2D eigenvalue weighted by Crippen LogP contribution is -2.08. The van der Waals surface area contributed by atoms with Gasteiger partial charge in [0.25, 0.3) is 0 Å². The fourth-order valence-corrected chi connectivity index (χ4v) is 1.65. The number of rotatable bonds is 6. The summed E-state index contributed by atoms with van der Waals surface area (Å²) in [6.45, 7) is 4.00. The molecule has 0 aliphatic heterocycles. The Labute approximate surface area is 97.6 Å². The van der Waals surface area contributed by atoms with Gasteiger partial charge in [0.15, 0.2) is 0 Å². The molecule has 0 saturated carbocycles. The summed E-state index contributed by atoms with van der Waals surface area (Å²) in [4.78, 5) is 10.5. The second kappa shape index (κ2) is 6.44. The van der Waals surface area contributed by atoms with Crippen molar-refractivity contribution in [3.05, 3.63) is 35.4 Å². The Morgan fingerprint density at radius 1 is 1.12 bits per heavy atom. The van der Waals surface area contributed by atoms with Crippen molar-refractivity contribution in [3.63, 3.8) is 0 Å². The normalized spacial score (nSPS) is 14.4. The summed E-state index contributed by atoms with van der Waals surface area (Å²) in [5, 5.41) is 0. The summed E-state index contributed by atoms with van der Waals surface area (Å²) < 4.78 is 5.22. The molecule has 0 heterocycles.